The molecule has 0 atom stereocenters. The van der Waals surface area contributed by atoms with Crippen LogP contribution in [0.1, 0.15) is 0 Å². The highest BCUT2D eigenvalue weighted by Gasteiger charge is 2.09. The van der Waals surface area contributed by atoms with Crippen LogP contribution in [0, 0.1) is 0 Å². The van der Waals surface area contributed by atoms with E-state index in [-0.39, 0.29) is 0 Å². The number of anilines is 1. The Morgan fingerprint density at radius 3 is 2.95 bits per heavy atom. The van der Waals surface area contributed by atoms with Gasteiger partial charge in [-0.25, -0.2) is 4.98 Å². The average molecular weight is 252 g/mol. The Kier molecular flexibility index (Phi) is 2.94. The molecule has 0 aliphatic heterocycles. The summed E-state index contributed by atoms with van der Waals surface area (Å²) in [5, 5.41) is 11.9. The van der Waals surface area contributed by atoms with E-state index in [2.05, 4.69) is 27.1 Å². The molecule has 0 amide bonds. The Bertz CT molecular complexity index is 720. The number of benzene rings is 1. The van der Waals surface area contributed by atoms with E-state index in [4.69, 9.17) is 4.42 Å². The number of fused-ring (bicyclic) bond motifs is 1. The second kappa shape index (κ2) is 4.89. The van der Waals surface area contributed by atoms with E-state index in [1.807, 2.05) is 36.4 Å². The zero-order valence-corrected chi connectivity index (χ0v) is 10.2. The quantitative estimate of drug-likeness (QED) is 0.723. The molecule has 0 fully saturated rings. The van der Waals surface area contributed by atoms with Gasteiger partial charge in [0, 0.05) is 11.9 Å². The van der Waals surface area contributed by atoms with Crippen molar-refractivity contribution in [1.29, 1.82) is 0 Å². The second-order valence-electron chi connectivity index (χ2n) is 3.97. The van der Waals surface area contributed by atoms with Crippen molar-refractivity contribution in [2.75, 3.05) is 11.9 Å². The van der Waals surface area contributed by atoms with Crippen LogP contribution in [0.25, 0.3) is 22.5 Å². The molecule has 3 rings (SSSR count). The van der Waals surface area contributed by atoms with Crippen LogP contribution < -0.4 is 5.32 Å². The largest absolute Gasteiger partial charge is 0.402 e. The van der Waals surface area contributed by atoms with Gasteiger partial charge >= 0.3 is 6.01 Å². The molecular weight excluding hydrogens is 240 g/mol. The van der Waals surface area contributed by atoms with Crippen LogP contribution in [0.3, 0.4) is 0 Å². The van der Waals surface area contributed by atoms with Gasteiger partial charge in [-0.3, -0.25) is 0 Å². The van der Waals surface area contributed by atoms with Crippen LogP contribution in [0.15, 0.2) is 53.5 Å². The number of rotatable bonds is 4. The monoisotopic (exact) mass is 252 g/mol. The molecule has 0 saturated carbocycles. The minimum absolute atomic E-state index is 0.366. The molecule has 0 spiro atoms. The summed E-state index contributed by atoms with van der Waals surface area (Å²) < 4.78 is 5.48. The third kappa shape index (κ3) is 2.30. The zero-order valence-electron chi connectivity index (χ0n) is 10.2. The maximum Gasteiger partial charge on any atom is 0.316 e. The average Bonchev–Trinajstić information content (AvgIpc) is 2.93. The van der Waals surface area contributed by atoms with Gasteiger partial charge in [0.15, 0.2) is 0 Å². The smallest absolute Gasteiger partial charge is 0.316 e. The first-order chi connectivity index (χ1) is 9.36. The van der Waals surface area contributed by atoms with Gasteiger partial charge in [0.2, 0.25) is 0 Å². The number of para-hydroxylation sites is 1. The summed E-state index contributed by atoms with van der Waals surface area (Å²) in [7, 11) is 0. The van der Waals surface area contributed by atoms with Crippen molar-refractivity contribution in [3.8, 4) is 11.6 Å². The summed E-state index contributed by atoms with van der Waals surface area (Å²) in [5.74, 6) is 0.400. The summed E-state index contributed by atoms with van der Waals surface area (Å²) >= 11 is 0. The molecular formula is C14H12N4O. The summed E-state index contributed by atoms with van der Waals surface area (Å²) in [6.45, 7) is 4.19. The van der Waals surface area contributed by atoms with Crippen molar-refractivity contribution < 1.29 is 4.42 Å². The van der Waals surface area contributed by atoms with E-state index in [9.17, 15) is 0 Å². The summed E-state index contributed by atoms with van der Waals surface area (Å²) in [6, 6.07) is 12.1. The normalized spacial score (nSPS) is 10.5. The van der Waals surface area contributed by atoms with Crippen molar-refractivity contribution in [1.82, 2.24) is 15.2 Å². The molecule has 5 nitrogen and oxygen atoms in total. The van der Waals surface area contributed by atoms with Crippen molar-refractivity contribution in [3.05, 3.63) is 49.1 Å². The summed E-state index contributed by atoms with van der Waals surface area (Å²) in [6.07, 6.45) is 1.72. The lowest BCUT2D eigenvalue weighted by Gasteiger charge is -1.98. The lowest BCUT2D eigenvalue weighted by molar-refractivity contribution is 0.581. The predicted octanol–water partition coefficient (Wildman–Crippen LogP) is 2.88. The molecule has 0 saturated heterocycles. The van der Waals surface area contributed by atoms with E-state index in [1.165, 1.54) is 0 Å². The fourth-order valence-electron chi connectivity index (χ4n) is 1.74. The Labute approximate surface area is 110 Å². The van der Waals surface area contributed by atoms with E-state index < -0.39 is 0 Å². The Hall–Kier alpha value is -2.69. The topological polar surface area (TPSA) is 63.8 Å². The molecule has 2 aromatic heterocycles. The predicted molar refractivity (Wildman–Crippen MR) is 73.7 cm³/mol. The SMILES string of the molecule is C=CCNc1nnc(-c2ccc3ccccc3n2)o1. The minimum Gasteiger partial charge on any atom is -0.402 e. The lowest BCUT2D eigenvalue weighted by Crippen LogP contribution is -1.97. The van der Waals surface area contributed by atoms with Crippen molar-refractivity contribution >= 4 is 16.9 Å². The van der Waals surface area contributed by atoms with Crippen LogP contribution in [-0.4, -0.2) is 21.7 Å². The molecule has 0 radical (unpaired) electrons. The number of nitrogens with zero attached hydrogens (tertiary/aromatic N) is 3. The van der Waals surface area contributed by atoms with Crippen molar-refractivity contribution in [3.63, 3.8) is 0 Å². The molecule has 2 heterocycles. The number of nitrogens with one attached hydrogen (secondary N) is 1. The lowest BCUT2D eigenvalue weighted by atomic mass is 10.2. The fourth-order valence-corrected chi connectivity index (χ4v) is 1.74. The highest BCUT2D eigenvalue weighted by atomic mass is 16.4. The van der Waals surface area contributed by atoms with Crippen molar-refractivity contribution in [2.45, 2.75) is 0 Å². The first kappa shape index (κ1) is 11.4. The third-order valence-electron chi connectivity index (χ3n) is 2.64. The third-order valence-corrected chi connectivity index (χ3v) is 2.64. The van der Waals surface area contributed by atoms with Gasteiger partial charge in [-0.1, -0.05) is 35.4 Å². The second-order valence-corrected chi connectivity index (χ2v) is 3.97. The summed E-state index contributed by atoms with van der Waals surface area (Å²) in [4.78, 5) is 4.49. The number of hydrogen-bond donors (Lipinski definition) is 1. The van der Waals surface area contributed by atoms with Crippen molar-refractivity contribution in [2.24, 2.45) is 0 Å². The maximum atomic E-state index is 5.48. The van der Waals surface area contributed by atoms with Crippen LogP contribution in [0.2, 0.25) is 0 Å². The van der Waals surface area contributed by atoms with Gasteiger partial charge in [0.1, 0.15) is 5.69 Å². The first-order valence-electron chi connectivity index (χ1n) is 5.91. The molecule has 94 valence electrons. The van der Waals surface area contributed by atoms with Crippen LogP contribution in [0.4, 0.5) is 6.01 Å². The Morgan fingerprint density at radius 1 is 1.16 bits per heavy atom. The zero-order chi connectivity index (χ0) is 13.1. The fraction of sp³-hybridized carbons (Fsp3) is 0.0714. The van der Waals surface area contributed by atoms with E-state index in [0.717, 1.165) is 10.9 Å². The van der Waals surface area contributed by atoms with Gasteiger partial charge in [0.25, 0.3) is 5.89 Å². The summed E-state index contributed by atoms with van der Waals surface area (Å²) in [5.41, 5.74) is 1.57. The molecule has 1 N–H and O–H groups in total. The van der Waals surface area contributed by atoms with Crippen LogP contribution >= 0.6 is 0 Å². The molecule has 0 bridgehead atoms. The van der Waals surface area contributed by atoms with Gasteiger partial charge in [-0.05, 0) is 12.1 Å². The van der Waals surface area contributed by atoms with Gasteiger partial charge in [-0.2, -0.15) is 0 Å². The first-order valence-corrected chi connectivity index (χ1v) is 5.91. The molecule has 5 heteroatoms. The molecule has 0 aliphatic rings. The van der Waals surface area contributed by atoms with Crippen LogP contribution in [-0.2, 0) is 0 Å². The van der Waals surface area contributed by atoms with Gasteiger partial charge < -0.3 is 9.73 Å². The van der Waals surface area contributed by atoms with Gasteiger partial charge in [0.05, 0.1) is 5.52 Å². The highest BCUT2D eigenvalue weighted by Crippen LogP contribution is 2.20. The molecule has 0 aliphatic carbocycles. The maximum absolute atomic E-state index is 5.48. The molecule has 19 heavy (non-hydrogen) atoms. The highest BCUT2D eigenvalue weighted by molar-refractivity contribution is 5.80. The van der Waals surface area contributed by atoms with E-state index in [1.54, 1.807) is 6.08 Å². The van der Waals surface area contributed by atoms with Gasteiger partial charge in [-0.15, -0.1) is 11.7 Å². The Balaban J connectivity index is 1.94. The van der Waals surface area contributed by atoms with Crippen LogP contribution in [0.5, 0.6) is 0 Å². The Morgan fingerprint density at radius 2 is 2.05 bits per heavy atom. The molecule has 3 aromatic rings. The van der Waals surface area contributed by atoms with E-state index >= 15 is 0 Å². The number of aromatic nitrogens is 3. The van der Waals surface area contributed by atoms with E-state index in [0.29, 0.717) is 24.1 Å². The number of hydrogen-bond acceptors (Lipinski definition) is 5. The standard InChI is InChI=1S/C14H12N4O/c1-2-9-15-14-18-17-13(19-14)12-8-7-10-5-3-4-6-11(10)16-12/h2-8H,1,9H2,(H,15,18). The minimum atomic E-state index is 0.366. The molecule has 1 aromatic carbocycles. The molecule has 0 unspecified atom stereocenters. The number of pyridine rings is 1.